The zero-order chi connectivity index (χ0) is 14.8. The number of hydrogen-bond donors (Lipinski definition) is 1. The number of imidazole rings is 1. The number of aromatic nitrogens is 4. The Hall–Kier alpha value is -1.36. The molecule has 0 amide bonds. The lowest BCUT2D eigenvalue weighted by Gasteiger charge is -2.24. The van der Waals surface area contributed by atoms with Crippen molar-refractivity contribution in [1.82, 2.24) is 19.5 Å². The molecule has 0 radical (unpaired) electrons. The number of fused-ring (bicyclic) bond motifs is 1. The van der Waals surface area contributed by atoms with Crippen LogP contribution in [0, 0.1) is 0 Å². The van der Waals surface area contributed by atoms with Gasteiger partial charge in [0.15, 0.2) is 11.5 Å². The summed E-state index contributed by atoms with van der Waals surface area (Å²) in [5, 5.41) is 3.83. The molecule has 21 heavy (non-hydrogen) atoms. The molecule has 1 saturated carbocycles. The normalized spacial score (nSPS) is 18.0. The van der Waals surface area contributed by atoms with E-state index in [1.807, 2.05) is 6.33 Å². The van der Waals surface area contributed by atoms with Crippen LogP contribution in [0.5, 0.6) is 0 Å². The Bertz CT molecular complexity index is 618. The molecule has 0 spiro atoms. The zero-order valence-corrected chi connectivity index (χ0v) is 13.4. The van der Waals surface area contributed by atoms with Gasteiger partial charge in [0.1, 0.15) is 5.52 Å². The number of nitrogens with one attached hydrogen (secondary N) is 1. The smallest absolute Gasteiger partial charge is 0.226 e. The van der Waals surface area contributed by atoms with Crippen LogP contribution in [0.15, 0.2) is 6.33 Å². The maximum Gasteiger partial charge on any atom is 0.226 e. The predicted molar refractivity (Wildman–Crippen MR) is 85.8 cm³/mol. The van der Waals surface area contributed by atoms with Crippen molar-refractivity contribution in [2.24, 2.45) is 0 Å². The van der Waals surface area contributed by atoms with Crippen molar-refractivity contribution in [1.29, 1.82) is 0 Å². The Kier molecular flexibility index (Phi) is 4.29. The molecule has 0 aromatic carbocycles. The van der Waals surface area contributed by atoms with Crippen molar-refractivity contribution < 1.29 is 0 Å². The zero-order valence-electron chi connectivity index (χ0n) is 12.6. The van der Waals surface area contributed by atoms with Crippen molar-refractivity contribution in [3.05, 3.63) is 11.6 Å². The highest BCUT2D eigenvalue weighted by atomic mass is 35.5. The molecular weight excluding hydrogens is 286 g/mol. The first kappa shape index (κ1) is 14.6. The van der Waals surface area contributed by atoms with E-state index in [1.54, 1.807) is 0 Å². The van der Waals surface area contributed by atoms with Crippen LogP contribution in [-0.2, 0) is 0 Å². The molecule has 0 saturated heterocycles. The van der Waals surface area contributed by atoms with E-state index in [9.17, 15) is 0 Å². The van der Waals surface area contributed by atoms with Crippen LogP contribution in [0.2, 0.25) is 5.28 Å². The van der Waals surface area contributed by atoms with E-state index in [0.717, 1.165) is 17.8 Å². The fraction of sp³-hybridized carbons (Fsp3) is 0.667. The van der Waals surface area contributed by atoms with Gasteiger partial charge in [0.2, 0.25) is 5.28 Å². The largest absolute Gasteiger partial charge is 0.365 e. The summed E-state index contributed by atoms with van der Waals surface area (Å²) in [5.41, 5.74) is 1.65. The lowest BCUT2D eigenvalue weighted by molar-refractivity contribution is 0.461. The average Bonchev–Trinajstić information content (AvgIpc) is 2.91. The van der Waals surface area contributed by atoms with Gasteiger partial charge in [-0.15, -0.1) is 0 Å². The summed E-state index contributed by atoms with van der Waals surface area (Å²) in [7, 11) is 0. The summed E-state index contributed by atoms with van der Waals surface area (Å²) in [6.07, 6.45) is 9.17. The number of halogens is 1. The quantitative estimate of drug-likeness (QED) is 0.860. The van der Waals surface area contributed by atoms with Gasteiger partial charge in [-0.3, -0.25) is 0 Å². The first-order valence-electron chi connectivity index (χ1n) is 7.85. The molecule has 2 aromatic rings. The predicted octanol–water partition coefficient (Wildman–Crippen LogP) is 4.20. The second-order valence-electron chi connectivity index (χ2n) is 5.90. The van der Waals surface area contributed by atoms with E-state index in [2.05, 4.69) is 38.7 Å². The second-order valence-corrected chi connectivity index (χ2v) is 6.24. The minimum atomic E-state index is 0.259. The van der Waals surface area contributed by atoms with Gasteiger partial charge >= 0.3 is 0 Å². The van der Waals surface area contributed by atoms with Gasteiger partial charge < -0.3 is 9.88 Å². The van der Waals surface area contributed by atoms with Crippen LogP contribution in [0.1, 0.15) is 58.4 Å². The Labute approximate surface area is 130 Å². The summed E-state index contributed by atoms with van der Waals surface area (Å²) in [6, 6.07) is 0.847. The van der Waals surface area contributed by atoms with Crippen LogP contribution in [-0.4, -0.2) is 25.6 Å². The molecule has 1 aliphatic rings. The Morgan fingerprint density at radius 3 is 2.81 bits per heavy atom. The van der Waals surface area contributed by atoms with E-state index >= 15 is 0 Å². The molecule has 1 aliphatic carbocycles. The lowest BCUT2D eigenvalue weighted by Crippen LogP contribution is -2.23. The van der Waals surface area contributed by atoms with Crippen molar-refractivity contribution in [3.8, 4) is 0 Å². The molecule has 1 unspecified atom stereocenters. The van der Waals surface area contributed by atoms with Gasteiger partial charge in [-0.25, -0.2) is 4.98 Å². The molecule has 114 valence electrons. The first-order chi connectivity index (χ1) is 10.2. The highest BCUT2D eigenvalue weighted by Gasteiger charge is 2.19. The van der Waals surface area contributed by atoms with E-state index in [1.165, 1.54) is 32.1 Å². The van der Waals surface area contributed by atoms with Gasteiger partial charge in [-0.05, 0) is 37.8 Å². The van der Waals surface area contributed by atoms with E-state index in [-0.39, 0.29) is 5.28 Å². The molecule has 2 aromatic heterocycles. The summed E-state index contributed by atoms with van der Waals surface area (Å²) in [6.45, 7) is 4.35. The Morgan fingerprint density at radius 1 is 1.33 bits per heavy atom. The number of rotatable bonds is 4. The second kappa shape index (κ2) is 6.18. The molecule has 0 aliphatic heterocycles. The molecule has 6 heteroatoms. The number of hydrogen-bond acceptors (Lipinski definition) is 4. The maximum absolute atomic E-state index is 6.05. The molecule has 1 N–H and O–H groups in total. The van der Waals surface area contributed by atoms with E-state index in [4.69, 9.17) is 11.6 Å². The van der Waals surface area contributed by atoms with Gasteiger partial charge in [0, 0.05) is 12.1 Å². The summed E-state index contributed by atoms with van der Waals surface area (Å²) in [5.74, 6) is 0.828. The topological polar surface area (TPSA) is 55.6 Å². The van der Waals surface area contributed by atoms with Gasteiger partial charge in [0.25, 0.3) is 0 Å². The molecule has 1 fully saturated rings. The molecule has 2 heterocycles. The standard InChI is InChI=1S/C15H22ClN5/c1-3-10(2)21-9-17-13-12(21)14(20-15(16)19-13)18-11-7-5-4-6-8-11/h9-11H,3-8H2,1-2H3,(H,18,19,20). The minimum absolute atomic E-state index is 0.259. The fourth-order valence-electron chi connectivity index (χ4n) is 2.99. The molecule has 5 nitrogen and oxygen atoms in total. The van der Waals surface area contributed by atoms with Crippen LogP contribution >= 0.6 is 11.6 Å². The third kappa shape index (κ3) is 2.98. The molecule has 0 bridgehead atoms. The van der Waals surface area contributed by atoms with Crippen molar-refractivity contribution in [2.45, 2.75) is 64.5 Å². The molecular formula is C15H22ClN5. The lowest BCUT2D eigenvalue weighted by atomic mass is 9.95. The molecule has 1 atom stereocenters. The Morgan fingerprint density at radius 2 is 2.10 bits per heavy atom. The van der Waals surface area contributed by atoms with Crippen LogP contribution < -0.4 is 5.32 Å². The monoisotopic (exact) mass is 307 g/mol. The fourth-order valence-corrected chi connectivity index (χ4v) is 3.16. The van der Waals surface area contributed by atoms with Gasteiger partial charge in [-0.2, -0.15) is 9.97 Å². The average molecular weight is 308 g/mol. The van der Waals surface area contributed by atoms with Crippen LogP contribution in [0.25, 0.3) is 11.2 Å². The first-order valence-corrected chi connectivity index (χ1v) is 8.23. The number of anilines is 1. The Balaban J connectivity index is 2.00. The third-order valence-electron chi connectivity index (χ3n) is 4.41. The van der Waals surface area contributed by atoms with Crippen LogP contribution in [0.3, 0.4) is 0 Å². The van der Waals surface area contributed by atoms with E-state index in [0.29, 0.717) is 17.7 Å². The third-order valence-corrected chi connectivity index (χ3v) is 4.58. The number of nitrogens with zero attached hydrogens (tertiary/aromatic N) is 4. The van der Waals surface area contributed by atoms with Crippen molar-refractivity contribution in [2.75, 3.05) is 5.32 Å². The highest BCUT2D eigenvalue weighted by molar-refractivity contribution is 6.28. The minimum Gasteiger partial charge on any atom is -0.365 e. The van der Waals surface area contributed by atoms with Gasteiger partial charge in [-0.1, -0.05) is 26.2 Å². The molecule has 3 rings (SSSR count). The maximum atomic E-state index is 6.05. The summed E-state index contributed by atoms with van der Waals surface area (Å²) < 4.78 is 2.15. The van der Waals surface area contributed by atoms with Crippen molar-refractivity contribution in [3.63, 3.8) is 0 Å². The SMILES string of the molecule is CCC(C)n1cnc2nc(Cl)nc(NC3CCCCC3)c21. The summed E-state index contributed by atoms with van der Waals surface area (Å²) >= 11 is 6.05. The van der Waals surface area contributed by atoms with Crippen LogP contribution in [0.4, 0.5) is 5.82 Å². The van der Waals surface area contributed by atoms with E-state index < -0.39 is 0 Å². The van der Waals surface area contributed by atoms with Crippen molar-refractivity contribution >= 4 is 28.6 Å². The highest BCUT2D eigenvalue weighted by Crippen LogP contribution is 2.28. The summed E-state index contributed by atoms with van der Waals surface area (Å²) in [4.78, 5) is 13.1. The van der Waals surface area contributed by atoms with Gasteiger partial charge in [0.05, 0.1) is 6.33 Å².